The van der Waals surface area contributed by atoms with E-state index in [1.807, 2.05) is 0 Å². The molecule has 3 N–H and O–H groups in total. The molecule has 1 saturated carbocycles. The van der Waals surface area contributed by atoms with Crippen molar-refractivity contribution in [3.8, 4) is 0 Å². The van der Waals surface area contributed by atoms with Crippen molar-refractivity contribution >= 4 is 11.8 Å². The second-order valence-corrected chi connectivity index (χ2v) is 6.19. The number of ether oxygens (including phenoxy) is 1. The largest absolute Gasteiger partial charge is 0.378 e. The van der Waals surface area contributed by atoms with Gasteiger partial charge >= 0.3 is 0 Å². The van der Waals surface area contributed by atoms with Gasteiger partial charge in [-0.2, -0.15) is 0 Å². The minimum absolute atomic E-state index is 0.0540. The number of hydrogen-bond acceptors (Lipinski definition) is 4. The SMILES string of the molecule is CC1CC(C(=O)NCCC(=O)N2CCOCC2)CCC1N. The van der Waals surface area contributed by atoms with Crippen molar-refractivity contribution in [3.05, 3.63) is 0 Å². The molecular formula is C15H27N3O3. The number of hydrogen-bond donors (Lipinski definition) is 2. The van der Waals surface area contributed by atoms with E-state index in [0.29, 0.717) is 45.2 Å². The summed E-state index contributed by atoms with van der Waals surface area (Å²) in [5.74, 6) is 0.615. The number of nitrogens with two attached hydrogens (primary N) is 1. The summed E-state index contributed by atoms with van der Waals surface area (Å²) in [5, 5.41) is 2.90. The molecule has 0 spiro atoms. The van der Waals surface area contributed by atoms with Gasteiger partial charge in [-0.05, 0) is 25.2 Å². The standard InChI is InChI=1S/C15H27N3O3/c1-11-10-12(2-3-13(11)16)15(20)17-5-4-14(19)18-6-8-21-9-7-18/h11-13H,2-10,16H2,1H3,(H,17,20). The predicted molar refractivity (Wildman–Crippen MR) is 79.5 cm³/mol. The molecule has 1 saturated heterocycles. The Morgan fingerprint density at radius 2 is 2.00 bits per heavy atom. The maximum absolute atomic E-state index is 12.1. The van der Waals surface area contributed by atoms with Gasteiger partial charge in [-0.3, -0.25) is 9.59 Å². The van der Waals surface area contributed by atoms with E-state index in [1.165, 1.54) is 0 Å². The molecule has 2 rings (SSSR count). The lowest BCUT2D eigenvalue weighted by Crippen LogP contribution is -2.43. The predicted octanol–water partition coefficient (Wildman–Crippen LogP) is 0.115. The van der Waals surface area contributed by atoms with E-state index < -0.39 is 0 Å². The zero-order valence-corrected chi connectivity index (χ0v) is 12.8. The van der Waals surface area contributed by atoms with Crippen molar-refractivity contribution in [3.63, 3.8) is 0 Å². The molecule has 6 nitrogen and oxygen atoms in total. The molecule has 120 valence electrons. The number of nitrogens with one attached hydrogen (secondary N) is 1. The highest BCUT2D eigenvalue weighted by Gasteiger charge is 2.29. The summed E-state index contributed by atoms with van der Waals surface area (Å²) < 4.78 is 5.22. The highest BCUT2D eigenvalue weighted by molar-refractivity contribution is 5.80. The van der Waals surface area contributed by atoms with Crippen molar-refractivity contribution < 1.29 is 14.3 Å². The van der Waals surface area contributed by atoms with Gasteiger partial charge < -0.3 is 20.7 Å². The molecule has 2 fully saturated rings. The summed E-state index contributed by atoms with van der Waals surface area (Å²) in [6.45, 7) is 5.06. The molecule has 0 aromatic heterocycles. The van der Waals surface area contributed by atoms with Crippen LogP contribution in [0, 0.1) is 11.8 Å². The van der Waals surface area contributed by atoms with Crippen LogP contribution in [0.1, 0.15) is 32.6 Å². The van der Waals surface area contributed by atoms with Gasteiger partial charge in [-0.1, -0.05) is 6.92 Å². The molecule has 6 heteroatoms. The normalized spacial score (nSPS) is 30.0. The number of nitrogens with zero attached hydrogens (tertiary/aromatic N) is 1. The number of amides is 2. The van der Waals surface area contributed by atoms with Crippen LogP contribution in [0.15, 0.2) is 0 Å². The van der Waals surface area contributed by atoms with Gasteiger partial charge in [0.1, 0.15) is 0 Å². The molecule has 1 aliphatic heterocycles. The van der Waals surface area contributed by atoms with Crippen molar-refractivity contribution in [2.75, 3.05) is 32.8 Å². The van der Waals surface area contributed by atoms with Crippen molar-refractivity contribution in [2.45, 2.75) is 38.6 Å². The van der Waals surface area contributed by atoms with E-state index in [-0.39, 0.29) is 23.8 Å². The van der Waals surface area contributed by atoms with Crippen LogP contribution in [-0.4, -0.2) is 55.6 Å². The first-order chi connectivity index (χ1) is 10.1. The third-order valence-corrected chi connectivity index (χ3v) is 4.61. The van der Waals surface area contributed by atoms with Gasteiger partial charge in [-0.15, -0.1) is 0 Å². The Bertz CT molecular complexity index is 369. The second kappa shape index (κ2) is 7.75. The van der Waals surface area contributed by atoms with E-state index in [2.05, 4.69) is 12.2 Å². The topological polar surface area (TPSA) is 84.7 Å². The van der Waals surface area contributed by atoms with Crippen LogP contribution in [0.5, 0.6) is 0 Å². The summed E-state index contributed by atoms with van der Waals surface area (Å²) >= 11 is 0. The minimum atomic E-state index is 0.0540. The van der Waals surface area contributed by atoms with Crippen LogP contribution in [-0.2, 0) is 14.3 Å². The molecule has 21 heavy (non-hydrogen) atoms. The highest BCUT2D eigenvalue weighted by Crippen LogP contribution is 2.27. The van der Waals surface area contributed by atoms with Crippen LogP contribution in [0.4, 0.5) is 0 Å². The van der Waals surface area contributed by atoms with E-state index in [9.17, 15) is 9.59 Å². The monoisotopic (exact) mass is 297 g/mol. The Morgan fingerprint density at radius 1 is 1.29 bits per heavy atom. The van der Waals surface area contributed by atoms with Crippen LogP contribution < -0.4 is 11.1 Å². The molecule has 1 heterocycles. The Balaban J connectivity index is 1.66. The van der Waals surface area contributed by atoms with Gasteiger partial charge in [0.05, 0.1) is 13.2 Å². The lowest BCUT2D eigenvalue weighted by Gasteiger charge is -2.31. The van der Waals surface area contributed by atoms with E-state index >= 15 is 0 Å². The van der Waals surface area contributed by atoms with Gasteiger partial charge in [0, 0.05) is 38.0 Å². The Kier molecular flexibility index (Phi) is 5.99. The van der Waals surface area contributed by atoms with Gasteiger partial charge in [0.2, 0.25) is 11.8 Å². The third kappa shape index (κ3) is 4.68. The van der Waals surface area contributed by atoms with Gasteiger partial charge in [0.25, 0.3) is 0 Å². The fourth-order valence-electron chi connectivity index (χ4n) is 3.07. The van der Waals surface area contributed by atoms with Crippen LogP contribution in [0.3, 0.4) is 0 Å². The summed E-state index contributed by atoms with van der Waals surface area (Å²) in [7, 11) is 0. The Morgan fingerprint density at radius 3 is 2.67 bits per heavy atom. The molecule has 0 aromatic carbocycles. The molecule has 0 radical (unpaired) electrons. The molecule has 3 atom stereocenters. The number of morpholine rings is 1. The zero-order chi connectivity index (χ0) is 15.2. The van der Waals surface area contributed by atoms with Crippen LogP contribution in [0.25, 0.3) is 0 Å². The zero-order valence-electron chi connectivity index (χ0n) is 12.8. The highest BCUT2D eigenvalue weighted by atomic mass is 16.5. The van der Waals surface area contributed by atoms with E-state index in [1.54, 1.807) is 4.90 Å². The van der Waals surface area contributed by atoms with Crippen LogP contribution >= 0.6 is 0 Å². The van der Waals surface area contributed by atoms with Crippen molar-refractivity contribution in [2.24, 2.45) is 17.6 Å². The lowest BCUT2D eigenvalue weighted by molar-refractivity contribution is -0.135. The molecule has 0 bridgehead atoms. The average molecular weight is 297 g/mol. The number of carbonyl (C=O) groups is 2. The maximum Gasteiger partial charge on any atom is 0.224 e. The number of carbonyl (C=O) groups excluding carboxylic acids is 2. The summed E-state index contributed by atoms with van der Waals surface area (Å²) in [6, 6.07) is 0.219. The maximum atomic E-state index is 12.1. The average Bonchev–Trinajstić information content (AvgIpc) is 2.50. The second-order valence-electron chi connectivity index (χ2n) is 6.19. The van der Waals surface area contributed by atoms with Crippen LogP contribution in [0.2, 0.25) is 0 Å². The summed E-state index contributed by atoms with van der Waals surface area (Å²) in [4.78, 5) is 25.9. The first kappa shape index (κ1) is 16.2. The summed E-state index contributed by atoms with van der Waals surface area (Å²) in [6.07, 6.45) is 2.98. The molecule has 1 aliphatic carbocycles. The Hall–Kier alpha value is -1.14. The van der Waals surface area contributed by atoms with Crippen molar-refractivity contribution in [1.29, 1.82) is 0 Å². The van der Waals surface area contributed by atoms with E-state index in [0.717, 1.165) is 19.3 Å². The van der Waals surface area contributed by atoms with E-state index in [4.69, 9.17) is 10.5 Å². The summed E-state index contributed by atoms with van der Waals surface area (Å²) in [5.41, 5.74) is 5.97. The Labute approximate surface area is 126 Å². The van der Waals surface area contributed by atoms with Gasteiger partial charge in [-0.25, -0.2) is 0 Å². The smallest absolute Gasteiger partial charge is 0.224 e. The molecule has 3 unspecified atom stereocenters. The lowest BCUT2D eigenvalue weighted by atomic mass is 9.79. The molecule has 2 amide bonds. The molecule has 2 aliphatic rings. The fourth-order valence-corrected chi connectivity index (χ4v) is 3.07. The molecule has 0 aromatic rings. The first-order valence-corrected chi connectivity index (χ1v) is 7.96. The first-order valence-electron chi connectivity index (χ1n) is 7.96. The third-order valence-electron chi connectivity index (χ3n) is 4.61. The quantitative estimate of drug-likeness (QED) is 0.771. The van der Waals surface area contributed by atoms with Gasteiger partial charge in [0.15, 0.2) is 0 Å². The van der Waals surface area contributed by atoms with Crippen molar-refractivity contribution in [1.82, 2.24) is 10.2 Å². The molecular weight excluding hydrogens is 270 g/mol. The fraction of sp³-hybridized carbons (Fsp3) is 0.867. The minimum Gasteiger partial charge on any atom is -0.378 e. The number of rotatable bonds is 4.